The highest BCUT2D eigenvalue weighted by atomic mass is 16.5. The van der Waals surface area contributed by atoms with Gasteiger partial charge in [-0.2, -0.15) is 0 Å². The van der Waals surface area contributed by atoms with Gasteiger partial charge in [-0.05, 0) is 57.5 Å². The van der Waals surface area contributed by atoms with E-state index in [-0.39, 0.29) is 0 Å². The van der Waals surface area contributed by atoms with E-state index in [0.717, 1.165) is 63.0 Å². The summed E-state index contributed by atoms with van der Waals surface area (Å²) in [5.41, 5.74) is 0. The quantitative estimate of drug-likeness (QED) is 0.827. The molecule has 3 aliphatic rings. The molecule has 23 heavy (non-hydrogen) atoms. The lowest BCUT2D eigenvalue weighted by Gasteiger charge is -2.21. The van der Waals surface area contributed by atoms with Gasteiger partial charge in [0.25, 0.3) is 0 Å². The molecular weight excluding hydrogens is 290 g/mol. The predicted molar refractivity (Wildman–Crippen MR) is 89.5 cm³/mol. The van der Waals surface area contributed by atoms with Crippen LogP contribution in [0, 0.1) is 11.8 Å². The maximum absolute atomic E-state index is 5.58. The van der Waals surface area contributed by atoms with Crippen molar-refractivity contribution in [2.45, 2.75) is 45.7 Å². The zero-order valence-electron chi connectivity index (χ0n) is 14.3. The number of hydrogen-bond acceptors (Lipinski definition) is 5. The Kier molecular flexibility index (Phi) is 4.53. The van der Waals surface area contributed by atoms with Gasteiger partial charge in [0.05, 0.1) is 6.54 Å². The second-order valence-electron chi connectivity index (χ2n) is 7.26. The van der Waals surface area contributed by atoms with Crippen LogP contribution in [0.25, 0.3) is 0 Å². The van der Waals surface area contributed by atoms with Crippen molar-refractivity contribution in [1.82, 2.24) is 19.7 Å². The highest BCUT2D eigenvalue weighted by Crippen LogP contribution is 2.32. The fourth-order valence-electron chi connectivity index (χ4n) is 4.42. The van der Waals surface area contributed by atoms with Gasteiger partial charge in [0, 0.05) is 32.8 Å². The van der Waals surface area contributed by atoms with Crippen LogP contribution in [0.1, 0.15) is 38.4 Å². The number of ether oxygens (including phenoxy) is 1. The number of rotatable bonds is 5. The summed E-state index contributed by atoms with van der Waals surface area (Å²) in [6.45, 7) is 10.7. The van der Waals surface area contributed by atoms with E-state index < -0.39 is 0 Å². The summed E-state index contributed by atoms with van der Waals surface area (Å²) in [7, 11) is 0. The van der Waals surface area contributed by atoms with E-state index in [1.807, 2.05) is 0 Å². The lowest BCUT2D eigenvalue weighted by Crippen LogP contribution is -2.27. The Bertz CT molecular complexity index is 519. The van der Waals surface area contributed by atoms with Crippen LogP contribution in [0.15, 0.2) is 0 Å². The average Bonchev–Trinajstić information content (AvgIpc) is 3.34. The van der Waals surface area contributed by atoms with Crippen molar-refractivity contribution in [3.05, 3.63) is 5.82 Å². The van der Waals surface area contributed by atoms with Gasteiger partial charge in [-0.25, -0.2) is 0 Å². The molecule has 0 bridgehead atoms. The molecule has 2 unspecified atom stereocenters. The van der Waals surface area contributed by atoms with Gasteiger partial charge in [-0.1, -0.05) is 0 Å². The van der Waals surface area contributed by atoms with Crippen LogP contribution < -0.4 is 4.90 Å². The first-order valence-corrected chi connectivity index (χ1v) is 9.32. The molecule has 6 nitrogen and oxygen atoms in total. The predicted octanol–water partition coefficient (Wildman–Crippen LogP) is 1.76. The molecule has 0 amide bonds. The van der Waals surface area contributed by atoms with Gasteiger partial charge in [-0.15, -0.1) is 10.2 Å². The lowest BCUT2D eigenvalue weighted by molar-refractivity contribution is 0.174. The van der Waals surface area contributed by atoms with E-state index in [1.165, 1.54) is 38.8 Å². The van der Waals surface area contributed by atoms with E-state index in [2.05, 4.69) is 31.5 Å². The monoisotopic (exact) mass is 319 g/mol. The first-order valence-electron chi connectivity index (χ1n) is 9.32. The smallest absolute Gasteiger partial charge is 0.227 e. The van der Waals surface area contributed by atoms with Gasteiger partial charge in [0.1, 0.15) is 5.82 Å². The van der Waals surface area contributed by atoms with Crippen LogP contribution in [0.5, 0.6) is 0 Å². The van der Waals surface area contributed by atoms with Gasteiger partial charge in [-0.3, -0.25) is 9.47 Å². The summed E-state index contributed by atoms with van der Waals surface area (Å²) >= 11 is 0. The van der Waals surface area contributed by atoms with E-state index in [9.17, 15) is 0 Å². The Labute approximate surface area is 138 Å². The molecule has 0 radical (unpaired) electrons. The summed E-state index contributed by atoms with van der Waals surface area (Å²) in [6.07, 6.45) is 5.15. The van der Waals surface area contributed by atoms with Crippen LogP contribution in [0.2, 0.25) is 0 Å². The molecule has 4 heterocycles. The molecule has 3 aliphatic heterocycles. The number of likely N-dealkylation sites (tertiary alicyclic amines) is 1. The third-order valence-corrected chi connectivity index (χ3v) is 5.83. The van der Waals surface area contributed by atoms with Crippen molar-refractivity contribution < 1.29 is 4.74 Å². The van der Waals surface area contributed by atoms with Crippen molar-refractivity contribution >= 4 is 5.95 Å². The van der Waals surface area contributed by atoms with E-state index in [4.69, 9.17) is 4.74 Å². The van der Waals surface area contributed by atoms with E-state index in [1.54, 1.807) is 0 Å². The molecule has 128 valence electrons. The molecule has 0 aliphatic carbocycles. The second kappa shape index (κ2) is 6.77. The summed E-state index contributed by atoms with van der Waals surface area (Å²) in [5, 5.41) is 9.08. The molecular formula is C17H29N5O. The topological polar surface area (TPSA) is 46.4 Å². The summed E-state index contributed by atoms with van der Waals surface area (Å²) in [6, 6.07) is 0. The minimum atomic E-state index is 0.752. The first kappa shape index (κ1) is 15.4. The maximum Gasteiger partial charge on any atom is 0.227 e. The fraction of sp³-hybridized carbons (Fsp3) is 0.882. The first-order chi connectivity index (χ1) is 11.3. The highest BCUT2D eigenvalue weighted by molar-refractivity contribution is 5.33. The Morgan fingerprint density at radius 1 is 1.09 bits per heavy atom. The Morgan fingerprint density at radius 3 is 2.70 bits per heavy atom. The Morgan fingerprint density at radius 2 is 1.96 bits per heavy atom. The van der Waals surface area contributed by atoms with E-state index in [0.29, 0.717) is 0 Å². The van der Waals surface area contributed by atoms with Crippen molar-refractivity contribution in [3.63, 3.8) is 0 Å². The standard InChI is InChI=1S/C17H29N5O/c1-2-22-16(12-20-7-3-4-8-20)18-19-17(22)21-9-5-14(11-21)15-6-10-23-13-15/h14-15H,2-13H2,1H3. The molecule has 4 rings (SSSR count). The highest BCUT2D eigenvalue weighted by Gasteiger charge is 2.33. The molecule has 3 fully saturated rings. The molecule has 1 aromatic rings. The lowest BCUT2D eigenvalue weighted by atomic mass is 9.91. The van der Waals surface area contributed by atoms with Gasteiger partial charge >= 0.3 is 0 Å². The number of nitrogens with zero attached hydrogens (tertiary/aromatic N) is 5. The zero-order chi connectivity index (χ0) is 15.6. The molecule has 2 atom stereocenters. The number of hydrogen-bond donors (Lipinski definition) is 0. The molecule has 3 saturated heterocycles. The molecule has 0 aromatic carbocycles. The van der Waals surface area contributed by atoms with Crippen LogP contribution >= 0.6 is 0 Å². The minimum absolute atomic E-state index is 0.752. The van der Waals surface area contributed by atoms with Crippen LogP contribution in [-0.2, 0) is 17.8 Å². The van der Waals surface area contributed by atoms with Gasteiger partial charge in [0.2, 0.25) is 5.95 Å². The normalized spacial score (nSPS) is 29.0. The minimum Gasteiger partial charge on any atom is -0.381 e. The third-order valence-electron chi connectivity index (χ3n) is 5.83. The molecule has 6 heteroatoms. The molecule has 0 N–H and O–H groups in total. The Hall–Kier alpha value is -1.14. The van der Waals surface area contributed by atoms with Crippen LogP contribution in [0.4, 0.5) is 5.95 Å². The largest absolute Gasteiger partial charge is 0.381 e. The molecule has 1 aromatic heterocycles. The summed E-state index contributed by atoms with van der Waals surface area (Å²) in [4.78, 5) is 4.95. The Balaban J connectivity index is 1.45. The fourth-order valence-corrected chi connectivity index (χ4v) is 4.42. The number of anilines is 1. The molecule has 0 saturated carbocycles. The van der Waals surface area contributed by atoms with Gasteiger partial charge in [0.15, 0.2) is 0 Å². The van der Waals surface area contributed by atoms with Crippen molar-refractivity contribution in [3.8, 4) is 0 Å². The average molecular weight is 319 g/mol. The second-order valence-corrected chi connectivity index (χ2v) is 7.26. The summed E-state index contributed by atoms with van der Waals surface area (Å²) in [5.74, 6) is 3.74. The van der Waals surface area contributed by atoms with Crippen molar-refractivity contribution in [2.24, 2.45) is 11.8 Å². The zero-order valence-corrected chi connectivity index (χ0v) is 14.3. The van der Waals surface area contributed by atoms with Crippen LogP contribution in [0.3, 0.4) is 0 Å². The van der Waals surface area contributed by atoms with Crippen molar-refractivity contribution in [1.29, 1.82) is 0 Å². The number of aromatic nitrogens is 3. The summed E-state index contributed by atoms with van der Waals surface area (Å²) < 4.78 is 7.90. The SMILES string of the molecule is CCn1c(CN2CCCC2)nnc1N1CCC(C2CCOC2)C1. The molecule has 0 spiro atoms. The van der Waals surface area contributed by atoms with Gasteiger partial charge < -0.3 is 9.64 Å². The third kappa shape index (κ3) is 3.11. The van der Waals surface area contributed by atoms with Crippen molar-refractivity contribution in [2.75, 3.05) is 44.3 Å². The maximum atomic E-state index is 5.58. The van der Waals surface area contributed by atoms with E-state index >= 15 is 0 Å². The van der Waals surface area contributed by atoms with Crippen LogP contribution in [-0.4, -0.2) is 59.1 Å².